The minimum absolute atomic E-state index is 0.0538. The smallest absolute Gasteiger partial charge is 0.251 e. The first-order chi connectivity index (χ1) is 9.40. The molecule has 0 aliphatic carbocycles. The molecular weight excluding hydrogens is 252 g/mol. The molecule has 1 heterocycles. The molecule has 1 aliphatic rings. The van der Waals surface area contributed by atoms with Gasteiger partial charge in [-0.05, 0) is 24.0 Å². The summed E-state index contributed by atoms with van der Waals surface area (Å²) in [6, 6.07) is 5.91. The molecule has 0 unspecified atom stereocenters. The molecular formula is C16H24N2O2. The second-order valence-electron chi connectivity index (χ2n) is 6.51. The van der Waals surface area contributed by atoms with Crippen molar-refractivity contribution in [1.82, 2.24) is 10.6 Å². The molecule has 1 aromatic carbocycles. The van der Waals surface area contributed by atoms with E-state index in [0.29, 0.717) is 12.2 Å². The van der Waals surface area contributed by atoms with E-state index in [2.05, 4.69) is 31.4 Å². The number of hydrogen-bond acceptors (Lipinski definition) is 3. The van der Waals surface area contributed by atoms with Gasteiger partial charge in [0.2, 0.25) is 0 Å². The summed E-state index contributed by atoms with van der Waals surface area (Å²) in [6.45, 7) is 8.19. The van der Waals surface area contributed by atoms with Gasteiger partial charge in [0.05, 0.1) is 0 Å². The summed E-state index contributed by atoms with van der Waals surface area (Å²) in [7, 11) is 1.65. The van der Waals surface area contributed by atoms with Crippen molar-refractivity contribution in [2.75, 3.05) is 20.2 Å². The predicted molar refractivity (Wildman–Crippen MR) is 80.3 cm³/mol. The lowest BCUT2D eigenvalue weighted by molar-refractivity contribution is 0.0960. The van der Waals surface area contributed by atoms with Crippen LogP contribution < -0.4 is 15.4 Å². The number of carbonyl (C=O) groups excluding carboxylic acids is 1. The highest BCUT2D eigenvalue weighted by Gasteiger charge is 2.25. The molecule has 0 saturated carbocycles. The van der Waals surface area contributed by atoms with Crippen molar-refractivity contribution in [3.63, 3.8) is 0 Å². The molecule has 1 aliphatic heterocycles. The Hall–Kier alpha value is -1.55. The van der Waals surface area contributed by atoms with Crippen molar-refractivity contribution in [2.45, 2.75) is 33.2 Å². The third-order valence-corrected chi connectivity index (χ3v) is 3.42. The Morgan fingerprint density at radius 1 is 1.40 bits per heavy atom. The molecule has 0 fully saturated rings. The van der Waals surface area contributed by atoms with Crippen molar-refractivity contribution in [2.24, 2.45) is 5.41 Å². The van der Waals surface area contributed by atoms with Gasteiger partial charge < -0.3 is 15.4 Å². The van der Waals surface area contributed by atoms with Crippen LogP contribution in [0.2, 0.25) is 0 Å². The van der Waals surface area contributed by atoms with Crippen LogP contribution in [0.15, 0.2) is 18.2 Å². The van der Waals surface area contributed by atoms with Gasteiger partial charge in [-0.1, -0.05) is 26.8 Å². The zero-order valence-electron chi connectivity index (χ0n) is 12.7. The van der Waals surface area contributed by atoms with Crippen LogP contribution >= 0.6 is 0 Å². The van der Waals surface area contributed by atoms with Crippen LogP contribution in [-0.2, 0) is 6.42 Å². The van der Waals surface area contributed by atoms with E-state index in [4.69, 9.17) is 4.74 Å². The van der Waals surface area contributed by atoms with E-state index in [1.165, 1.54) is 0 Å². The Balaban J connectivity index is 2.14. The van der Waals surface area contributed by atoms with Crippen LogP contribution in [0, 0.1) is 5.41 Å². The Bertz CT molecular complexity index is 492. The van der Waals surface area contributed by atoms with Crippen LogP contribution in [0.3, 0.4) is 0 Å². The zero-order valence-corrected chi connectivity index (χ0v) is 12.7. The fraction of sp³-hybridized carbons (Fsp3) is 0.562. The number of benzene rings is 1. The lowest BCUT2D eigenvalue weighted by Crippen LogP contribution is -2.43. The second kappa shape index (κ2) is 5.83. The Labute approximate surface area is 120 Å². The topological polar surface area (TPSA) is 50.4 Å². The molecule has 0 saturated heterocycles. The standard InChI is InChI=1S/C16H24N2O2/c1-16(2,3)10-18-11-8-13-12(15(19)17-4)6-5-7-14(13)20-9-11/h5-7,11,18H,8-10H2,1-4H3,(H,17,19)/t11-/m1/s1. The van der Waals surface area contributed by atoms with Crippen LogP contribution in [0.1, 0.15) is 36.7 Å². The number of fused-ring (bicyclic) bond motifs is 1. The van der Waals surface area contributed by atoms with E-state index < -0.39 is 0 Å². The molecule has 1 atom stereocenters. The van der Waals surface area contributed by atoms with Gasteiger partial charge in [-0.25, -0.2) is 0 Å². The monoisotopic (exact) mass is 276 g/mol. The van der Waals surface area contributed by atoms with Crippen LogP contribution in [0.25, 0.3) is 0 Å². The summed E-state index contributed by atoms with van der Waals surface area (Å²) < 4.78 is 5.79. The van der Waals surface area contributed by atoms with Crippen molar-refractivity contribution in [1.29, 1.82) is 0 Å². The number of nitrogens with one attached hydrogen (secondary N) is 2. The molecule has 4 heteroatoms. The van der Waals surface area contributed by atoms with Gasteiger partial charge in [0.15, 0.2) is 0 Å². The third-order valence-electron chi connectivity index (χ3n) is 3.42. The van der Waals surface area contributed by atoms with Gasteiger partial charge in [-0.3, -0.25) is 4.79 Å². The first-order valence-electron chi connectivity index (χ1n) is 7.11. The van der Waals surface area contributed by atoms with E-state index in [0.717, 1.165) is 24.3 Å². The summed E-state index contributed by atoms with van der Waals surface area (Å²) in [5.41, 5.74) is 1.96. The summed E-state index contributed by atoms with van der Waals surface area (Å²) in [6.07, 6.45) is 0.828. The van der Waals surface area contributed by atoms with Crippen LogP contribution in [-0.4, -0.2) is 32.1 Å². The summed E-state index contributed by atoms with van der Waals surface area (Å²) in [4.78, 5) is 11.9. The number of hydrogen-bond donors (Lipinski definition) is 2. The summed E-state index contributed by atoms with van der Waals surface area (Å²) in [5, 5.41) is 6.22. The maximum absolute atomic E-state index is 11.9. The number of carbonyl (C=O) groups is 1. The first-order valence-corrected chi connectivity index (χ1v) is 7.11. The highest BCUT2D eigenvalue weighted by atomic mass is 16.5. The molecule has 1 amide bonds. The van der Waals surface area contributed by atoms with Crippen molar-refractivity contribution in [3.8, 4) is 5.75 Å². The lowest BCUT2D eigenvalue weighted by Gasteiger charge is -2.30. The SMILES string of the molecule is CNC(=O)c1cccc2c1C[C@@H](NCC(C)(C)C)CO2. The quantitative estimate of drug-likeness (QED) is 0.887. The van der Waals surface area contributed by atoms with Gasteiger partial charge in [-0.15, -0.1) is 0 Å². The molecule has 0 aromatic heterocycles. The normalized spacial score (nSPS) is 18.1. The molecule has 20 heavy (non-hydrogen) atoms. The molecule has 110 valence electrons. The van der Waals surface area contributed by atoms with Gasteiger partial charge in [0.25, 0.3) is 5.91 Å². The fourth-order valence-electron chi connectivity index (χ4n) is 2.34. The van der Waals surface area contributed by atoms with E-state index in [1.807, 2.05) is 18.2 Å². The molecule has 2 N–H and O–H groups in total. The summed E-state index contributed by atoms with van der Waals surface area (Å²) >= 11 is 0. The molecule has 0 spiro atoms. The minimum Gasteiger partial charge on any atom is -0.492 e. The maximum atomic E-state index is 11.9. The van der Waals surface area contributed by atoms with E-state index in [-0.39, 0.29) is 17.4 Å². The second-order valence-corrected chi connectivity index (χ2v) is 6.51. The minimum atomic E-state index is -0.0538. The highest BCUT2D eigenvalue weighted by molar-refractivity contribution is 5.96. The fourth-order valence-corrected chi connectivity index (χ4v) is 2.34. The molecule has 0 bridgehead atoms. The van der Waals surface area contributed by atoms with Crippen LogP contribution in [0.4, 0.5) is 0 Å². The van der Waals surface area contributed by atoms with Crippen molar-refractivity contribution in [3.05, 3.63) is 29.3 Å². The number of amides is 1. The molecule has 0 radical (unpaired) electrons. The highest BCUT2D eigenvalue weighted by Crippen LogP contribution is 2.28. The molecule has 2 rings (SSSR count). The van der Waals surface area contributed by atoms with Gasteiger partial charge in [-0.2, -0.15) is 0 Å². The largest absolute Gasteiger partial charge is 0.492 e. The van der Waals surface area contributed by atoms with E-state index in [9.17, 15) is 4.79 Å². The predicted octanol–water partition coefficient (Wildman–Crippen LogP) is 1.99. The maximum Gasteiger partial charge on any atom is 0.251 e. The zero-order chi connectivity index (χ0) is 14.8. The third kappa shape index (κ3) is 3.51. The molecule has 4 nitrogen and oxygen atoms in total. The Kier molecular flexibility index (Phi) is 4.33. The van der Waals surface area contributed by atoms with Crippen LogP contribution in [0.5, 0.6) is 5.75 Å². The summed E-state index contributed by atoms with van der Waals surface area (Å²) in [5.74, 6) is 0.779. The first kappa shape index (κ1) is 14.9. The number of rotatable bonds is 3. The Morgan fingerprint density at radius 3 is 2.80 bits per heavy atom. The average Bonchev–Trinajstić information content (AvgIpc) is 2.42. The molecule has 1 aromatic rings. The van der Waals surface area contributed by atoms with Crippen molar-refractivity contribution < 1.29 is 9.53 Å². The van der Waals surface area contributed by atoms with E-state index in [1.54, 1.807) is 7.05 Å². The number of ether oxygens (including phenoxy) is 1. The van der Waals surface area contributed by atoms with Gasteiger partial charge in [0.1, 0.15) is 12.4 Å². The Morgan fingerprint density at radius 2 is 2.15 bits per heavy atom. The van der Waals surface area contributed by atoms with Crippen molar-refractivity contribution >= 4 is 5.91 Å². The lowest BCUT2D eigenvalue weighted by atomic mass is 9.94. The van der Waals surface area contributed by atoms with E-state index >= 15 is 0 Å². The average molecular weight is 276 g/mol. The van der Waals surface area contributed by atoms with Gasteiger partial charge in [0, 0.05) is 30.8 Å². The van der Waals surface area contributed by atoms with Gasteiger partial charge >= 0.3 is 0 Å².